The van der Waals surface area contributed by atoms with Crippen LogP contribution in [0.2, 0.25) is 0 Å². The maximum absolute atomic E-state index is 5.13. The molecule has 2 aromatic heterocycles. The van der Waals surface area contributed by atoms with Crippen LogP contribution in [0.4, 0.5) is 0 Å². The van der Waals surface area contributed by atoms with E-state index in [9.17, 15) is 0 Å². The number of benzene rings is 2. The number of hydrogen-bond acceptors (Lipinski definition) is 3. The van der Waals surface area contributed by atoms with Crippen molar-refractivity contribution in [3.8, 4) is 11.3 Å². The van der Waals surface area contributed by atoms with E-state index in [0.29, 0.717) is 0 Å². The van der Waals surface area contributed by atoms with E-state index in [0.717, 1.165) is 44.2 Å². The summed E-state index contributed by atoms with van der Waals surface area (Å²) in [5.74, 6) is 1.13. The molecule has 4 aromatic rings. The fourth-order valence-corrected chi connectivity index (χ4v) is 4.17. The van der Waals surface area contributed by atoms with Gasteiger partial charge < -0.3 is 9.47 Å². The first kappa shape index (κ1) is 16.5. The van der Waals surface area contributed by atoms with Crippen LogP contribution in [0.25, 0.3) is 27.9 Å². The van der Waals surface area contributed by atoms with Crippen LogP contribution in [0, 0.1) is 0 Å². The van der Waals surface area contributed by atoms with Crippen molar-refractivity contribution in [2.75, 3.05) is 33.2 Å². The smallest absolute Gasteiger partial charge is 0.146 e. The number of nitrogens with zero attached hydrogens (tertiary/aromatic N) is 5. The molecule has 27 heavy (non-hydrogen) atoms. The average Bonchev–Trinajstić information content (AvgIpc) is 3.22. The van der Waals surface area contributed by atoms with Crippen molar-refractivity contribution in [1.82, 2.24) is 23.8 Å². The normalized spacial score (nSPS) is 16.5. The number of aryl methyl sites for hydroxylation is 1. The van der Waals surface area contributed by atoms with Gasteiger partial charge in [-0.25, -0.2) is 4.98 Å². The van der Waals surface area contributed by atoms with Gasteiger partial charge in [0.2, 0.25) is 0 Å². The minimum Gasteiger partial charge on any atom is -0.327 e. The van der Waals surface area contributed by atoms with Crippen LogP contribution >= 0.6 is 0 Å². The van der Waals surface area contributed by atoms with Gasteiger partial charge in [0.15, 0.2) is 0 Å². The van der Waals surface area contributed by atoms with Gasteiger partial charge in [-0.1, -0.05) is 42.5 Å². The SMILES string of the molecule is CN1CCN(Cc2nc(-c3ccccc3)c3n(C)c4ccccc4n23)CC1. The van der Waals surface area contributed by atoms with E-state index >= 15 is 0 Å². The highest BCUT2D eigenvalue weighted by Crippen LogP contribution is 2.31. The number of piperazine rings is 1. The van der Waals surface area contributed by atoms with Crippen LogP contribution in [-0.4, -0.2) is 57.0 Å². The van der Waals surface area contributed by atoms with Gasteiger partial charge in [0.1, 0.15) is 17.2 Å². The van der Waals surface area contributed by atoms with Crippen LogP contribution in [0.15, 0.2) is 54.6 Å². The van der Waals surface area contributed by atoms with Crippen LogP contribution in [0.1, 0.15) is 5.82 Å². The van der Waals surface area contributed by atoms with Crippen LogP contribution < -0.4 is 0 Å². The molecule has 1 aliphatic rings. The summed E-state index contributed by atoms with van der Waals surface area (Å²) in [7, 11) is 4.34. The van der Waals surface area contributed by atoms with E-state index in [1.807, 2.05) is 0 Å². The molecule has 0 saturated carbocycles. The van der Waals surface area contributed by atoms with Crippen molar-refractivity contribution in [1.29, 1.82) is 0 Å². The van der Waals surface area contributed by atoms with E-state index in [4.69, 9.17) is 4.98 Å². The molecule has 5 heteroatoms. The predicted molar refractivity (Wildman–Crippen MR) is 110 cm³/mol. The molecule has 5 nitrogen and oxygen atoms in total. The second kappa shape index (κ2) is 6.51. The highest BCUT2D eigenvalue weighted by atomic mass is 15.3. The van der Waals surface area contributed by atoms with Gasteiger partial charge in [0.25, 0.3) is 0 Å². The Balaban J connectivity index is 1.69. The lowest BCUT2D eigenvalue weighted by Crippen LogP contribution is -2.44. The molecule has 1 aliphatic heterocycles. The lowest BCUT2D eigenvalue weighted by Gasteiger charge is -2.31. The summed E-state index contributed by atoms with van der Waals surface area (Å²) in [4.78, 5) is 10.0. The Morgan fingerprint density at radius 2 is 1.48 bits per heavy atom. The Morgan fingerprint density at radius 3 is 2.22 bits per heavy atom. The standard InChI is InChI=1S/C22H25N5/c1-24-12-14-26(15-13-24)16-20-23-21(17-8-4-3-5-9-17)22-25(2)18-10-6-7-11-19(18)27(20)22/h3-11H,12-16H2,1-2H3. The fourth-order valence-electron chi connectivity index (χ4n) is 4.17. The number of para-hydroxylation sites is 2. The van der Waals surface area contributed by atoms with Gasteiger partial charge in [-0.15, -0.1) is 0 Å². The van der Waals surface area contributed by atoms with Crippen molar-refractivity contribution < 1.29 is 0 Å². The Morgan fingerprint density at radius 1 is 0.815 bits per heavy atom. The average molecular weight is 359 g/mol. The quantitative estimate of drug-likeness (QED) is 0.562. The molecule has 0 amide bonds. The Bertz CT molecular complexity index is 1080. The second-order valence-electron chi connectivity index (χ2n) is 7.53. The summed E-state index contributed by atoms with van der Waals surface area (Å²) in [5, 5.41) is 0. The summed E-state index contributed by atoms with van der Waals surface area (Å²) in [6.07, 6.45) is 0. The number of imidazole rings is 2. The van der Waals surface area contributed by atoms with Gasteiger partial charge in [0, 0.05) is 38.8 Å². The van der Waals surface area contributed by atoms with E-state index < -0.39 is 0 Å². The first-order chi connectivity index (χ1) is 13.2. The molecule has 0 aliphatic carbocycles. The van der Waals surface area contributed by atoms with Crippen LogP contribution in [0.3, 0.4) is 0 Å². The third-order valence-corrected chi connectivity index (χ3v) is 5.73. The first-order valence-electron chi connectivity index (χ1n) is 9.63. The maximum atomic E-state index is 5.13. The summed E-state index contributed by atoms with van der Waals surface area (Å²) in [6.45, 7) is 5.31. The molecule has 5 rings (SSSR count). The topological polar surface area (TPSA) is 28.7 Å². The molecule has 0 unspecified atom stereocenters. The molecular formula is C22H25N5. The first-order valence-corrected chi connectivity index (χ1v) is 9.63. The summed E-state index contributed by atoms with van der Waals surface area (Å²) in [6, 6.07) is 19.2. The number of hydrogen-bond donors (Lipinski definition) is 0. The second-order valence-corrected chi connectivity index (χ2v) is 7.53. The molecule has 0 radical (unpaired) electrons. The van der Waals surface area contributed by atoms with Crippen molar-refractivity contribution >= 4 is 16.7 Å². The fraction of sp³-hybridized carbons (Fsp3) is 0.318. The van der Waals surface area contributed by atoms with Gasteiger partial charge in [0.05, 0.1) is 17.6 Å². The lowest BCUT2D eigenvalue weighted by molar-refractivity contribution is 0.145. The van der Waals surface area contributed by atoms with Crippen LogP contribution in [-0.2, 0) is 13.6 Å². The highest BCUT2D eigenvalue weighted by molar-refractivity contribution is 5.88. The monoisotopic (exact) mass is 359 g/mol. The van der Waals surface area contributed by atoms with Gasteiger partial charge >= 0.3 is 0 Å². The predicted octanol–water partition coefficient (Wildman–Crippen LogP) is 3.24. The minimum atomic E-state index is 0.885. The van der Waals surface area contributed by atoms with Crippen molar-refractivity contribution in [2.24, 2.45) is 7.05 Å². The third kappa shape index (κ3) is 2.74. The minimum absolute atomic E-state index is 0.885. The lowest BCUT2D eigenvalue weighted by atomic mass is 10.2. The van der Waals surface area contributed by atoms with Crippen LogP contribution in [0.5, 0.6) is 0 Å². The number of likely N-dealkylation sites (N-methyl/N-ethyl adjacent to an activating group) is 1. The van der Waals surface area contributed by atoms with Gasteiger partial charge in [-0.3, -0.25) is 9.30 Å². The molecule has 1 saturated heterocycles. The Kier molecular flexibility index (Phi) is 3.99. The maximum Gasteiger partial charge on any atom is 0.146 e. The highest BCUT2D eigenvalue weighted by Gasteiger charge is 2.22. The molecule has 0 bridgehead atoms. The Hall–Kier alpha value is -2.63. The summed E-state index contributed by atoms with van der Waals surface area (Å²) in [5.41, 5.74) is 5.89. The molecule has 138 valence electrons. The Labute approximate surface area is 159 Å². The number of aromatic nitrogens is 3. The third-order valence-electron chi connectivity index (χ3n) is 5.73. The van der Waals surface area contributed by atoms with E-state index in [1.54, 1.807) is 0 Å². The van der Waals surface area contributed by atoms with Crippen molar-refractivity contribution in [3.63, 3.8) is 0 Å². The molecular weight excluding hydrogens is 334 g/mol. The van der Waals surface area contributed by atoms with Crippen molar-refractivity contribution in [2.45, 2.75) is 6.54 Å². The van der Waals surface area contributed by atoms with E-state index in [2.05, 4.69) is 87.5 Å². The summed E-state index contributed by atoms with van der Waals surface area (Å²) >= 11 is 0. The number of rotatable bonds is 3. The molecule has 0 spiro atoms. The zero-order valence-electron chi connectivity index (χ0n) is 16.0. The number of fused-ring (bicyclic) bond motifs is 3. The van der Waals surface area contributed by atoms with Gasteiger partial charge in [-0.05, 0) is 19.2 Å². The molecule has 0 atom stereocenters. The zero-order valence-corrected chi connectivity index (χ0v) is 16.0. The van der Waals surface area contributed by atoms with E-state index in [1.165, 1.54) is 22.2 Å². The van der Waals surface area contributed by atoms with Crippen molar-refractivity contribution in [3.05, 3.63) is 60.4 Å². The zero-order chi connectivity index (χ0) is 18.4. The molecule has 1 fully saturated rings. The molecule has 3 heterocycles. The summed E-state index contributed by atoms with van der Waals surface area (Å²) < 4.78 is 4.63. The molecule has 0 N–H and O–H groups in total. The molecule has 2 aromatic carbocycles. The largest absolute Gasteiger partial charge is 0.327 e. The van der Waals surface area contributed by atoms with E-state index in [-0.39, 0.29) is 0 Å². The van der Waals surface area contributed by atoms with Gasteiger partial charge in [-0.2, -0.15) is 0 Å².